The summed E-state index contributed by atoms with van der Waals surface area (Å²) in [5, 5.41) is 3.52. The van der Waals surface area contributed by atoms with E-state index in [2.05, 4.69) is 24.1 Å². The molecule has 0 spiro atoms. The minimum absolute atomic E-state index is 0.229. The standard InChI is InChI=1S/C14H29N3O/c1-11(2)17-8-5-6-12(7-9-17)16-10-14(3,4)13(15)18/h11-12,16H,5-10H2,1-4H3,(H2,15,18). The minimum Gasteiger partial charge on any atom is -0.369 e. The largest absolute Gasteiger partial charge is 0.369 e. The highest BCUT2D eigenvalue weighted by molar-refractivity contribution is 5.80. The molecular weight excluding hydrogens is 226 g/mol. The maximum atomic E-state index is 11.3. The molecule has 0 aromatic rings. The molecule has 1 fully saturated rings. The van der Waals surface area contributed by atoms with Gasteiger partial charge in [0.25, 0.3) is 0 Å². The summed E-state index contributed by atoms with van der Waals surface area (Å²) in [6.07, 6.45) is 3.58. The third-order valence-corrected chi connectivity index (χ3v) is 3.99. The maximum Gasteiger partial charge on any atom is 0.224 e. The fourth-order valence-corrected chi connectivity index (χ4v) is 2.33. The van der Waals surface area contributed by atoms with Crippen LogP contribution in [0.3, 0.4) is 0 Å². The molecule has 1 amide bonds. The highest BCUT2D eigenvalue weighted by Crippen LogP contribution is 2.16. The zero-order valence-corrected chi connectivity index (χ0v) is 12.3. The highest BCUT2D eigenvalue weighted by atomic mass is 16.1. The van der Waals surface area contributed by atoms with Gasteiger partial charge in [-0.05, 0) is 60.0 Å². The Morgan fingerprint density at radius 3 is 2.61 bits per heavy atom. The number of hydrogen-bond donors (Lipinski definition) is 2. The number of carbonyl (C=O) groups excluding carboxylic acids is 1. The van der Waals surface area contributed by atoms with Gasteiger partial charge in [0.15, 0.2) is 0 Å². The molecule has 18 heavy (non-hydrogen) atoms. The van der Waals surface area contributed by atoms with Gasteiger partial charge in [-0.1, -0.05) is 0 Å². The molecule has 1 aliphatic heterocycles. The Kier molecular flexibility index (Phi) is 5.60. The summed E-state index contributed by atoms with van der Waals surface area (Å²) < 4.78 is 0. The van der Waals surface area contributed by atoms with E-state index in [9.17, 15) is 4.79 Å². The van der Waals surface area contributed by atoms with Crippen LogP contribution in [0, 0.1) is 5.41 Å². The van der Waals surface area contributed by atoms with Crippen molar-refractivity contribution in [2.24, 2.45) is 11.1 Å². The average Bonchev–Trinajstić information content (AvgIpc) is 2.51. The predicted molar refractivity (Wildman–Crippen MR) is 75.3 cm³/mol. The van der Waals surface area contributed by atoms with Crippen LogP contribution in [0.4, 0.5) is 0 Å². The number of nitrogens with two attached hydrogens (primary N) is 1. The first-order chi connectivity index (χ1) is 8.33. The normalized spacial score (nSPS) is 23.1. The second-order valence-electron chi connectivity index (χ2n) is 6.39. The molecule has 1 rings (SSSR count). The summed E-state index contributed by atoms with van der Waals surface area (Å²) in [5.74, 6) is -0.229. The van der Waals surface area contributed by atoms with Crippen LogP contribution in [0.25, 0.3) is 0 Å². The van der Waals surface area contributed by atoms with E-state index in [0.29, 0.717) is 18.6 Å². The molecule has 1 saturated heterocycles. The summed E-state index contributed by atoms with van der Waals surface area (Å²) in [6.45, 7) is 11.3. The first-order valence-electron chi connectivity index (χ1n) is 7.10. The lowest BCUT2D eigenvalue weighted by molar-refractivity contribution is -0.125. The van der Waals surface area contributed by atoms with Gasteiger partial charge in [-0.25, -0.2) is 0 Å². The van der Waals surface area contributed by atoms with Crippen molar-refractivity contribution in [2.75, 3.05) is 19.6 Å². The van der Waals surface area contributed by atoms with Crippen molar-refractivity contribution in [2.45, 2.75) is 59.0 Å². The number of carbonyl (C=O) groups is 1. The lowest BCUT2D eigenvalue weighted by Gasteiger charge is -2.26. The van der Waals surface area contributed by atoms with Crippen molar-refractivity contribution in [3.63, 3.8) is 0 Å². The lowest BCUT2D eigenvalue weighted by atomic mass is 9.92. The monoisotopic (exact) mass is 255 g/mol. The molecule has 1 atom stereocenters. The maximum absolute atomic E-state index is 11.3. The van der Waals surface area contributed by atoms with E-state index in [0.717, 1.165) is 13.0 Å². The molecule has 1 heterocycles. The SMILES string of the molecule is CC(C)N1CCCC(NCC(C)(C)C(N)=O)CC1. The summed E-state index contributed by atoms with van der Waals surface area (Å²) >= 11 is 0. The van der Waals surface area contributed by atoms with E-state index in [1.165, 1.54) is 19.4 Å². The van der Waals surface area contributed by atoms with Crippen LogP contribution in [0.2, 0.25) is 0 Å². The zero-order chi connectivity index (χ0) is 13.8. The zero-order valence-electron chi connectivity index (χ0n) is 12.3. The van der Waals surface area contributed by atoms with Crippen LogP contribution in [-0.4, -0.2) is 42.5 Å². The van der Waals surface area contributed by atoms with Crippen LogP contribution in [0.5, 0.6) is 0 Å². The molecule has 0 aromatic carbocycles. The smallest absolute Gasteiger partial charge is 0.224 e. The molecule has 1 unspecified atom stereocenters. The Hall–Kier alpha value is -0.610. The van der Waals surface area contributed by atoms with Gasteiger partial charge < -0.3 is 16.0 Å². The van der Waals surface area contributed by atoms with Gasteiger partial charge in [-0.2, -0.15) is 0 Å². The molecule has 3 N–H and O–H groups in total. The van der Waals surface area contributed by atoms with E-state index < -0.39 is 5.41 Å². The minimum atomic E-state index is -0.454. The van der Waals surface area contributed by atoms with E-state index >= 15 is 0 Å². The van der Waals surface area contributed by atoms with Crippen molar-refractivity contribution < 1.29 is 4.79 Å². The van der Waals surface area contributed by atoms with E-state index in [-0.39, 0.29) is 5.91 Å². The first-order valence-corrected chi connectivity index (χ1v) is 7.10. The number of likely N-dealkylation sites (tertiary alicyclic amines) is 1. The average molecular weight is 255 g/mol. The Balaban J connectivity index is 2.38. The molecule has 1 aliphatic rings. The fourth-order valence-electron chi connectivity index (χ4n) is 2.33. The molecule has 0 radical (unpaired) electrons. The Morgan fingerprint density at radius 1 is 1.39 bits per heavy atom. The summed E-state index contributed by atoms with van der Waals surface area (Å²) in [7, 11) is 0. The number of primary amides is 1. The van der Waals surface area contributed by atoms with Crippen molar-refractivity contribution in [1.82, 2.24) is 10.2 Å². The third kappa shape index (κ3) is 4.58. The van der Waals surface area contributed by atoms with Crippen molar-refractivity contribution in [3.8, 4) is 0 Å². The second-order valence-corrected chi connectivity index (χ2v) is 6.39. The number of hydrogen-bond acceptors (Lipinski definition) is 3. The highest BCUT2D eigenvalue weighted by Gasteiger charge is 2.26. The Bertz CT molecular complexity index is 276. The number of nitrogens with zero attached hydrogens (tertiary/aromatic N) is 1. The predicted octanol–water partition coefficient (Wildman–Crippen LogP) is 1.35. The first kappa shape index (κ1) is 15.4. The molecule has 0 bridgehead atoms. The third-order valence-electron chi connectivity index (χ3n) is 3.99. The van der Waals surface area contributed by atoms with Crippen molar-refractivity contribution >= 4 is 5.91 Å². The molecule has 0 aromatic heterocycles. The van der Waals surface area contributed by atoms with Crippen molar-refractivity contribution in [3.05, 3.63) is 0 Å². The van der Waals surface area contributed by atoms with E-state index in [4.69, 9.17) is 5.73 Å². The van der Waals surface area contributed by atoms with Gasteiger partial charge in [-0.3, -0.25) is 4.79 Å². The number of rotatable bonds is 5. The van der Waals surface area contributed by atoms with Gasteiger partial charge in [0.2, 0.25) is 5.91 Å². The summed E-state index contributed by atoms with van der Waals surface area (Å²) in [5.41, 5.74) is 4.94. The lowest BCUT2D eigenvalue weighted by Crippen LogP contribution is -2.44. The Labute approximate surface area is 111 Å². The summed E-state index contributed by atoms with van der Waals surface area (Å²) in [4.78, 5) is 13.8. The van der Waals surface area contributed by atoms with Crippen LogP contribution >= 0.6 is 0 Å². The Morgan fingerprint density at radius 2 is 2.06 bits per heavy atom. The van der Waals surface area contributed by atoms with Crippen molar-refractivity contribution in [1.29, 1.82) is 0 Å². The van der Waals surface area contributed by atoms with Gasteiger partial charge in [0.1, 0.15) is 0 Å². The molecule has 0 saturated carbocycles. The fraction of sp³-hybridized carbons (Fsp3) is 0.929. The summed E-state index contributed by atoms with van der Waals surface area (Å²) in [6, 6.07) is 1.15. The van der Waals surface area contributed by atoms with Crippen LogP contribution in [0.1, 0.15) is 47.0 Å². The van der Waals surface area contributed by atoms with Crippen LogP contribution in [0.15, 0.2) is 0 Å². The molecule has 106 valence electrons. The van der Waals surface area contributed by atoms with Gasteiger partial charge >= 0.3 is 0 Å². The van der Waals surface area contributed by atoms with Gasteiger partial charge in [-0.15, -0.1) is 0 Å². The number of nitrogens with one attached hydrogen (secondary N) is 1. The number of amides is 1. The van der Waals surface area contributed by atoms with Crippen LogP contribution in [-0.2, 0) is 4.79 Å². The second kappa shape index (κ2) is 6.53. The van der Waals surface area contributed by atoms with E-state index in [1.54, 1.807) is 0 Å². The quantitative estimate of drug-likeness (QED) is 0.779. The molecular formula is C14H29N3O. The van der Waals surface area contributed by atoms with Gasteiger partial charge in [0.05, 0.1) is 5.41 Å². The van der Waals surface area contributed by atoms with Gasteiger partial charge in [0, 0.05) is 18.6 Å². The molecule has 4 nitrogen and oxygen atoms in total. The van der Waals surface area contributed by atoms with Crippen LogP contribution < -0.4 is 11.1 Å². The van der Waals surface area contributed by atoms with E-state index in [1.807, 2.05) is 13.8 Å². The molecule has 0 aliphatic carbocycles. The molecule has 4 heteroatoms. The topological polar surface area (TPSA) is 58.4 Å².